The van der Waals surface area contributed by atoms with E-state index in [1.807, 2.05) is 29.7 Å². The van der Waals surface area contributed by atoms with Crippen LogP contribution in [0.4, 0.5) is 5.69 Å². The van der Waals surface area contributed by atoms with Gasteiger partial charge in [0.15, 0.2) is 4.80 Å². The van der Waals surface area contributed by atoms with Gasteiger partial charge in [-0.25, -0.2) is 0 Å². The maximum Gasteiger partial charge on any atom is 0.280 e. The fourth-order valence-electron chi connectivity index (χ4n) is 2.90. The fourth-order valence-corrected chi connectivity index (χ4v) is 3.97. The summed E-state index contributed by atoms with van der Waals surface area (Å²) < 4.78 is 8.35. The molecule has 0 unspecified atom stereocenters. The SMILES string of the molecule is C=CCn1c(=NC(=O)c2cccc([N+](=O)[O-])c2C)sc2cc(OCC)ccc21. The topological polar surface area (TPSA) is 86.7 Å². The maximum absolute atomic E-state index is 12.8. The molecule has 1 heterocycles. The number of allylic oxidation sites excluding steroid dienone is 1. The second kappa shape index (κ2) is 8.18. The molecule has 0 aliphatic carbocycles. The summed E-state index contributed by atoms with van der Waals surface area (Å²) in [5.41, 5.74) is 1.33. The van der Waals surface area contributed by atoms with Crippen molar-refractivity contribution in [3.63, 3.8) is 0 Å². The lowest BCUT2D eigenvalue weighted by Crippen LogP contribution is -2.16. The van der Waals surface area contributed by atoms with Crippen LogP contribution in [-0.4, -0.2) is 22.0 Å². The number of hydrogen-bond donors (Lipinski definition) is 0. The number of carbonyl (C=O) groups is 1. The molecule has 0 saturated carbocycles. The highest BCUT2D eigenvalue weighted by Gasteiger charge is 2.18. The Bertz CT molecular complexity index is 1140. The van der Waals surface area contributed by atoms with E-state index in [0.29, 0.717) is 23.5 Å². The molecule has 0 N–H and O–H groups in total. The third-order valence-corrected chi connectivity index (χ3v) is 5.25. The van der Waals surface area contributed by atoms with Gasteiger partial charge in [0.2, 0.25) is 0 Å². The van der Waals surface area contributed by atoms with Crippen LogP contribution in [-0.2, 0) is 6.54 Å². The molecule has 0 aliphatic rings. The predicted molar refractivity (Wildman–Crippen MR) is 109 cm³/mol. The predicted octanol–water partition coefficient (Wildman–Crippen LogP) is 4.25. The molecule has 1 amide bonds. The smallest absolute Gasteiger partial charge is 0.280 e. The van der Waals surface area contributed by atoms with E-state index in [1.54, 1.807) is 19.1 Å². The summed E-state index contributed by atoms with van der Waals surface area (Å²) in [6.45, 7) is 8.28. The number of hydrogen-bond acceptors (Lipinski definition) is 5. The van der Waals surface area contributed by atoms with E-state index >= 15 is 0 Å². The van der Waals surface area contributed by atoms with Gasteiger partial charge in [-0.2, -0.15) is 4.99 Å². The van der Waals surface area contributed by atoms with E-state index in [4.69, 9.17) is 4.74 Å². The number of nitrogens with zero attached hydrogens (tertiary/aromatic N) is 3. The van der Waals surface area contributed by atoms with Crippen LogP contribution < -0.4 is 9.54 Å². The molecule has 28 heavy (non-hydrogen) atoms. The zero-order valence-electron chi connectivity index (χ0n) is 15.5. The van der Waals surface area contributed by atoms with E-state index in [9.17, 15) is 14.9 Å². The van der Waals surface area contributed by atoms with E-state index in [2.05, 4.69) is 11.6 Å². The summed E-state index contributed by atoms with van der Waals surface area (Å²) in [5.74, 6) is 0.227. The number of nitro groups is 1. The first-order chi connectivity index (χ1) is 13.5. The second-order valence-electron chi connectivity index (χ2n) is 5.97. The normalized spacial score (nSPS) is 11.6. The molecule has 2 aromatic carbocycles. The first-order valence-electron chi connectivity index (χ1n) is 8.66. The van der Waals surface area contributed by atoms with Crippen molar-refractivity contribution in [1.29, 1.82) is 0 Å². The van der Waals surface area contributed by atoms with Crippen LogP contribution in [0.25, 0.3) is 10.2 Å². The van der Waals surface area contributed by atoms with Crippen LogP contribution >= 0.6 is 11.3 Å². The Morgan fingerprint density at radius 1 is 1.39 bits per heavy atom. The molecule has 3 rings (SSSR count). The van der Waals surface area contributed by atoms with Gasteiger partial charge in [-0.05, 0) is 38.1 Å². The van der Waals surface area contributed by atoms with Gasteiger partial charge in [-0.15, -0.1) is 6.58 Å². The van der Waals surface area contributed by atoms with Crippen LogP contribution in [0.1, 0.15) is 22.8 Å². The van der Waals surface area contributed by atoms with Gasteiger partial charge < -0.3 is 9.30 Å². The summed E-state index contributed by atoms with van der Waals surface area (Å²) in [7, 11) is 0. The number of ether oxygens (including phenoxy) is 1. The summed E-state index contributed by atoms with van der Waals surface area (Å²) in [5, 5.41) is 11.1. The van der Waals surface area contributed by atoms with Crippen molar-refractivity contribution < 1.29 is 14.5 Å². The molecule has 144 valence electrons. The van der Waals surface area contributed by atoms with Crippen molar-refractivity contribution in [2.45, 2.75) is 20.4 Å². The third-order valence-electron chi connectivity index (χ3n) is 4.21. The van der Waals surface area contributed by atoms with Crippen molar-refractivity contribution in [2.24, 2.45) is 4.99 Å². The summed E-state index contributed by atoms with van der Waals surface area (Å²) in [4.78, 5) is 28.2. The number of rotatable bonds is 6. The average Bonchev–Trinajstić information content (AvgIpc) is 2.98. The molecule has 8 heteroatoms. The minimum absolute atomic E-state index is 0.0993. The van der Waals surface area contributed by atoms with E-state index in [1.165, 1.54) is 23.5 Å². The second-order valence-corrected chi connectivity index (χ2v) is 6.98. The zero-order chi connectivity index (χ0) is 20.3. The quantitative estimate of drug-likeness (QED) is 0.353. The Kier molecular flexibility index (Phi) is 5.70. The van der Waals surface area contributed by atoms with Crippen molar-refractivity contribution in [3.8, 4) is 5.75 Å². The first kappa shape index (κ1) is 19.5. The van der Waals surface area contributed by atoms with Crippen molar-refractivity contribution in [2.75, 3.05) is 6.61 Å². The molecule has 0 saturated heterocycles. The van der Waals surface area contributed by atoms with Gasteiger partial charge in [-0.3, -0.25) is 14.9 Å². The number of fused-ring (bicyclic) bond motifs is 1. The van der Waals surface area contributed by atoms with Crippen molar-refractivity contribution >= 4 is 33.1 Å². The molecule has 0 fully saturated rings. The number of benzene rings is 2. The van der Waals surface area contributed by atoms with E-state index in [0.717, 1.165) is 16.0 Å². The van der Waals surface area contributed by atoms with Crippen molar-refractivity contribution in [3.05, 3.63) is 75.1 Å². The number of nitro benzene ring substituents is 1. The Hall–Kier alpha value is -3.26. The van der Waals surface area contributed by atoms with Gasteiger partial charge in [0.25, 0.3) is 11.6 Å². The molecule has 7 nitrogen and oxygen atoms in total. The highest BCUT2D eigenvalue weighted by molar-refractivity contribution is 7.16. The lowest BCUT2D eigenvalue weighted by Gasteiger charge is -2.04. The molecule has 0 bridgehead atoms. The molecule has 1 aromatic heterocycles. The van der Waals surface area contributed by atoms with Crippen LogP contribution in [0.3, 0.4) is 0 Å². The van der Waals surface area contributed by atoms with Crippen LogP contribution in [0.2, 0.25) is 0 Å². The standard InChI is InChI=1S/C20H19N3O4S/c1-4-11-22-17-10-9-14(27-5-2)12-18(17)28-20(22)21-19(24)15-7-6-8-16(13(15)3)23(25)26/h4,6-10,12H,1,5,11H2,2-3H3. The first-order valence-corrected chi connectivity index (χ1v) is 9.48. The highest BCUT2D eigenvalue weighted by Crippen LogP contribution is 2.24. The Balaban J connectivity index is 2.14. The minimum atomic E-state index is -0.518. The van der Waals surface area contributed by atoms with Gasteiger partial charge in [0.05, 0.1) is 27.3 Å². The third kappa shape index (κ3) is 3.72. The monoisotopic (exact) mass is 397 g/mol. The maximum atomic E-state index is 12.8. The average molecular weight is 397 g/mol. The molecule has 0 atom stereocenters. The molecule has 0 aliphatic heterocycles. The minimum Gasteiger partial charge on any atom is -0.494 e. The number of carbonyl (C=O) groups excluding carboxylic acids is 1. The summed E-state index contributed by atoms with van der Waals surface area (Å²) >= 11 is 1.36. The molecule has 3 aromatic rings. The van der Waals surface area contributed by atoms with Crippen LogP contribution in [0.15, 0.2) is 54.0 Å². The summed E-state index contributed by atoms with van der Waals surface area (Å²) in [6, 6.07) is 10.1. The molecular weight excluding hydrogens is 378 g/mol. The fraction of sp³-hybridized carbons (Fsp3) is 0.200. The van der Waals surface area contributed by atoms with E-state index < -0.39 is 10.8 Å². The van der Waals surface area contributed by atoms with Crippen LogP contribution in [0.5, 0.6) is 5.75 Å². The Labute approximate surface area is 165 Å². The number of thiazole rings is 1. The largest absolute Gasteiger partial charge is 0.494 e. The molecule has 0 spiro atoms. The van der Waals surface area contributed by atoms with Crippen molar-refractivity contribution in [1.82, 2.24) is 4.57 Å². The van der Waals surface area contributed by atoms with Gasteiger partial charge >= 0.3 is 0 Å². The number of aromatic nitrogens is 1. The van der Waals surface area contributed by atoms with Gasteiger partial charge in [-0.1, -0.05) is 23.5 Å². The number of amides is 1. The Morgan fingerprint density at radius 3 is 2.86 bits per heavy atom. The zero-order valence-corrected chi connectivity index (χ0v) is 16.4. The molecule has 0 radical (unpaired) electrons. The lowest BCUT2D eigenvalue weighted by atomic mass is 10.1. The van der Waals surface area contributed by atoms with E-state index in [-0.39, 0.29) is 11.3 Å². The van der Waals surface area contributed by atoms with Gasteiger partial charge in [0, 0.05) is 18.2 Å². The molecular formula is C20H19N3O4S. The lowest BCUT2D eigenvalue weighted by molar-refractivity contribution is -0.385. The Morgan fingerprint density at radius 2 is 2.18 bits per heavy atom. The summed E-state index contributed by atoms with van der Waals surface area (Å²) in [6.07, 6.45) is 1.73. The van der Waals surface area contributed by atoms with Gasteiger partial charge in [0.1, 0.15) is 5.75 Å². The van der Waals surface area contributed by atoms with Crippen LogP contribution in [0, 0.1) is 17.0 Å². The highest BCUT2D eigenvalue weighted by atomic mass is 32.1.